The van der Waals surface area contributed by atoms with Crippen LogP contribution in [-0.4, -0.2) is 18.6 Å². The summed E-state index contributed by atoms with van der Waals surface area (Å²) in [5.41, 5.74) is 0.756. The van der Waals surface area contributed by atoms with Crippen molar-refractivity contribution in [1.29, 1.82) is 5.26 Å². The Bertz CT molecular complexity index is 538. The third kappa shape index (κ3) is 3.87. The maximum absolute atomic E-state index is 12.3. The van der Waals surface area contributed by atoms with E-state index in [9.17, 15) is 18.0 Å². The van der Waals surface area contributed by atoms with Crippen molar-refractivity contribution in [3.05, 3.63) is 28.8 Å². The Morgan fingerprint density at radius 2 is 2.16 bits per heavy atom. The quantitative estimate of drug-likeness (QED) is 0.683. The zero-order valence-electron chi connectivity index (χ0n) is 9.75. The highest BCUT2D eigenvalue weighted by molar-refractivity contribution is 8.00. The van der Waals surface area contributed by atoms with E-state index in [4.69, 9.17) is 11.0 Å². The molecule has 0 aliphatic carbocycles. The number of esters is 1. The van der Waals surface area contributed by atoms with Crippen molar-refractivity contribution in [1.82, 2.24) is 0 Å². The van der Waals surface area contributed by atoms with Crippen LogP contribution in [0.4, 0.5) is 13.2 Å². The van der Waals surface area contributed by atoms with E-state index in [0.717, 1.165) is 19.2 Å². The highest BCUT2D eigenvalue weighted by Crippen LogP contribution is 2.38. The van der Waals surface area contributed by atoms with Crippen LogP contribution in [0.1, 0.15) is 21.5 Å². The molecule has 0 heterocycles. The summed E-state index contributed by atoms with van der Waals surface area (Å²) in [5, 5.41) is 8.92. The Hall–Kier alpha value is -1.72. The van der Waals surface area contributed by atoms with Crippen LogP contribution in [0.15, 0.2) is 17.0 Å². The second kappa shape index (κ2) is 5.95. The zero-order valence-corrected chi connectivity index (χ0v) is 10.6. The van der Waals surface area contributed by atoms with Crippen molar-refractivity contribution < 1.29 is 22.7 Å². The van der Waals surface area contributed by atoms with Crippen LogP contribution < -0.4 is 5.73 Å². The molecule has 0 atom stereocenters. The molecule has 2 N–H and O–H groups in total. The van der Waals surface area contributed by atoms with Crippen molar-refractivity contribution in [3.8, 4) is 6.07 Å². The zero-order chi connectivity index (χ0) is 14.6. The minimum Gasteiger partial charge on any atom is -0.465 e. The molecule has 4 nitrogen and oxygen atoms in total. The van der Waals surface area contributed by atoms with Crippen LogP contribution in [0.2, 0.25) is 0 Å². The van der Waals surface area contributed by atoms with Gasteiger partial charge < -0.3 is 10.5 Å². The largest absolute Gasteiger partial charge is 0.465 e. The van der Waals surface area contributed by atoms with Gasteiger partial charge in [-0.2, -0.15) is 18.4 Å². The first-order valence-corrected chi connectivity index (χ1v) is 5.75. The first kappa shape index (κ1) is 15.3. The third-order valence-electron chi connectivity index (χ3n) is 2.16. The molecule has 1 aromatic rings. The predicted molar refractivity (Wildman–Crippen MR) is 62.3 cm³/mol. The number of carbonyl (C=O) groups is 1. The van der Waals surface area contributed by atoms with Crippen LogP contribution in [0.3, 0.4) is 0 Å². The highest BCUT2D eigenvalue weighted by Gasteiger charge is 2.30. The van der Waals surface area contributed by atoms with Gasteiger partial charge in [-0.1, -0.05) is 0 Å². The minimum absolute atomic E-state index is 0.0981. The van der Waals surface area contributed by atoms with Crippen molar-refractivity contribution in [2.24, 2.45) is 5.73 Å². The van der Waals surface area contributed by atoms with Crippen molar-refractivity contribution >= 4 is 17.7 Å². The number of thioether (sulfide) groups is 1. The molecule has 102 valence electrons. The minimum atomic E-state index is -4.48. The van der Waals surface area contributed by atoms with E-state index >= 15 is 0 Å². The molecule has 0 aliphatic rings. The molecular formula is C11H9F3N2O2S. The van der Waals surface area contributed by atoms with E-state index in [2.05, 4.69) is 4.74 Å². The third-order valence-corrected chi connectivity index (χ3v) is 2.86. The number of ether oxygens (including phenoxy) is 1. The molecule has 0 unspecified atom stereocenters. The fourth-order valence-corrected chi connectivity index (χ4v) is 2.10. The molecule has 0 bridgehead atoms. The number of hydrogen-bond donors (Lipinski definition) is 1. The Morgan fingerprint density at radius 1 is 1.53 bits per heavy atom. The van der Waals surface area contributed by atoms with E-state index in [1.54, 1.807) is 6.07 Å². The highest BCUT2D eigenvalue weighted by atomic mass is 32.2. The molecule has 0 amide bonds. The van der Waals surface area contributed by atoms with Gasteiger partial charge >= 0.3 is 11.5 Å². The number of nitrogens with two attached hydrogens (primary N) is 1. The molecule has 0 radical (unpaired) electrons. The molecule has 0 fully saturated rings. The SMILES string of the molecule is COC(=O)c1c(C#N)cc(SC(F)(F)F)cc1CN. The number of rotatable bonds is 3. The molecule has 0 spiro atoms. The molecule has 0 aliphatic heterocycles. The van der Waals surface area contributed by atoms with Gasteiger partial charge in [0.2, 0.25) is 0 Å². The smallest absolute Gasteiger partial charge is 0.446 e. The number of methoxy groups -OCH3 is 1. The Morgan fingerprint density at radius 3 is 2.58 bits per heavy atom. The fourth-order valence-electron chi connectivity index (χ4n) is 1.46. The standard InChI is InChI=1S/C11H9F3N2O2S/c1-18-10(17)9-6(4-15)2-8(3-7(9)5-16)19-11(12,13)14/h2-3H,4,15H2,1H3. The maximum Gasteiger partial charge on any atom is 0.446 e. The predicted octanol–water partition coefficient (Wildman–Crippen LogP) is 2.42. The molecule has 19 heavy (non-hydrogen) atoms. The van der Waals surface area contributed by atoms with Crippen molar-refractivity contribution in [3.63, 3.8) is 0 Å². The first-order valence-electron chi connectivity index (χ1n) is 4.93. The molecule has 0 saturated carbocycles. The average Bonchev–Trinajstić information content (AvgIpc) is 2.34. The summed E-state index contributed by atoms with van der Waals surface area (Å²) in [7, 11) is 1.11. The lowest BCUT2D eigenvalue weighted by molar-refractivity contribution is -0.0328. The number of halogens is 3. The maximum atomic E-state index is 12.3. The molecule has 1 rings (SSSR count). The molecule has 1 aromatic carbocycles. The topological polar surface area (TPSA) is 76.1 Å². The van der Waals surface area contributed by atoms with E-state index in [0.29, 0.717) is 0 Å². The number of carbonyl (C=O) groups excluding carboxylic acids is 1. The lowest BCUT2D eigenvalue weighted by Gasteiger charge is -2.12. The summed E-state index contributed by atoms with van der Waals surface area (Å²) in [4.78, 5) is 11.3. The van der Waals surface area contributed by atoms with Crippen molar-refractivity contribution in [2.45, 2.75) is 16.9 Å². The van der Waals surface area contributed by atoms with Gasteiger partial charge in [-0.15, -0.1) is 0 Å². The summed E-state index contributed by atoms with van der Waals surface area (Å²) >= 11 is -0.371. The Kier molecular flexibility index (Phi) is 4.80. The van der Waals surface area contributed by atoms with Crippen LogP contribution in [-0.2, 0) is 11.3 Å². The fraction of sp³-hybridized carbons (Fsp3) is 0.273. The summed E-state index contributed by atoms with van der Waals surface area (Å²) in [6.45, 7) is -0.175. The molecule has 0 saturated heterocycles. The van der Waals surface area contributed by atoms with E-state index < -0.39 is 11.5 Å². The molecule has 8 heteroatoms. The van der Waals surface area contributed by atoms with Crippen LogP contribution >= 0.6 is 11.8 Å². The van der Waals surface area contributed by atoms with Gasteiger partial charge in [-0.3, -0.25) is 0 Å². The lowest BCUT2D eigenvalue weighted by Crippen LogP contribution is -2.12. The van der Waals surface area contributed by atoms with Gasteiger partial charge in [0.25, 0.3) is 0 Å². The normalized spacial score (nSPS) is 10.9. The van der Waals surface area contributed by atoms with E-state index in [-0.39, 0.29) is 39.9 Å². The monoisotopic (exact) mass is 290 g/mol. The van der Waals surface area contributed by atoms with Crippen molar-refractivity contribution in [2.75, 3.05) is 7.11 Å². The lowest BCUT2D eigenvalue weighted by atomic mass is 10.0. The number of hydrogen-bond acceptors (Lipinski definition) is 5. The second-order valence-corrected chi connectivity index (χ2v) is 4.50. The van der Waals surface area contributed by atoms with Gasteiger partial charge in [-0.05, 0) is 29.5 Å². The Labute approximate surface area is 111 Å². The summed E-state index contributed by atoms with van der Waals surface area (Å²) in [5.74, 6) is -0.805. The van der Waals surface area contributed by atoms with Crippen LogP contribution in [0, 0.1) is 11.3 Å². The Balaban J connectivity index is 3.37. The van der Waals surface area contributed by atoms with Gasteiger partial charge in [0.1, 0.15) is 6.07 Å². The number of benzene rings is 1. The summed E-state index contributed by atoms with van der Waals surface area (Å²) in [6.07, 6.45) is 0. The summed E-state index contributed by atoms with van der Waals surface area (Å²) in [6, 6.07) is 3.79. The van der Waals surface area contributed by atoms with E-state index in [1.807, 2.05) is 0 Å². The number of alkyl halides is 3. The van der Waals surface area contributed by atoms with Gasteiger partial charge in [0.05, 0.1) is 18.2 Å². The average molecular weight is 290 g/mol. The second-order valence-electron chi connectivity index (χ2n) is 3.36. The van der Waals surface area contributed by atoms with Gasteiger partial charge in [0, 0.05) is 11.4 Å². The summed E-state index contributed by atoms with van der Waals surface area (Å²) < 4.78 is 41.4. The molecule has 0 aromatic heterocycles. The van der Waals surface area contributed by atoms with Gasteiger partial charge in [0.15, 0.2) is 0 Å². The van der Waals surface area contributed by atoms with Crippen LogP contribution in [0.5, 0.6) is 0 Å². The van der Waals surface area contributed by atoms with Crippen LogP contribution in [0.25, 0.3) is 0 Å². The molecular weight excluding hydrogens is 281 g/mol. The van der Waals surface area contributed by atoms with E-state index in [1.165, 1.54) is 0 Å². The number of nitriles is 1. The number of nitrogens with zero attached hydrogens (tertiary/aromatic N) is 1. The van der Waals surface area contributed by atoms with Gasteiger partial charge in [-0.25, -0.2) is 4.79 Å². The first-order chi connectivity index (χ1) is 8.82.